The van der Waals surface area contributed by atoms with E-state index in [1.165, 1.54) is 0 Å². The molecule has 0 bridgehead atoms. The summed E-state index contributed by atoms with van der Waals surface area (Å²) in [6.45, 7) is 1.97. The number of halogens is 1. The Labute approximate surface area is 88.3 Å². The second-order valence-corrected chi connectivity index (χ2v) is 3.29. The van der Waals surface area contributed by atoms with E-state index in [2.05, 4.69) is 6.07 Å². The molecular formula is C11H9ClN2. The normalized spacial score (nSPS) is 9.14. The highest BCUT2D eigenvalue weighted by molar-refractivity contribution is 6.32. The van der Waals surface area contributed by atoms with Gasteiger partial charge in [-0.1, -0.05) is 24.6 Å². The van der Waals surface area contributed by atoms with Crippen molar-refractivity contribution in [2.75, 3.05) is 0 Å². The molecule has 0 heterocycles. The summed E-state index contributed by atoms with van der Waals surface area (Å²) in [5.41, 5.74) is 2.23. The Kier molecular flexibility index (Phi) is 3.51. The lowest BCUT2D eigenvalue weighted by Gasteiger charge is -2.05. The van der Waals surface area contributed by atoms with Gasteiger partial charge in [-0.3, -0.25) is 0 Å². The Morgan fingerprint density at radius 1 is 1.36 bits per heavy atom. The number of rotatable bonds is 2. The van der Waals surface area contributed by atoms with Crippen molar-refractivity contribution in [3.63, 3.8) is 0 Å². The molecule has 1 aromatic rings. The summed E-state index contributed by atoms with van der Waals surface area (Å²) in [4.78, 5) is 0. The molecule has 0 spiro atoms. The molecule has 70 valence electrons. The van der Waals surface area contributed by atoms with Crippen LogP contribution >= 0.6 is 11.6 Å². The molecule has 1 rings (SSSR count). The highest BCUT2D eigenvalue weighted by Crippen LogP contribution is 2.23. The maximum absolute atomic E-state index is 8.81. The van der Waals surface area contributed by atoms with Crippen LogP contribution in [0.3, 0.4) is 0 Å². The summed E-state index contributed by atoms with van der Waals surface area (Å²) < 4.78 is 0. The second-order valence-electron chi connectivity index (χ2n) is 2.92. The van der Waals surface area contributed by atoms with Gasteiger partial charge in [0.1, 0.15) is 6.07 Å². The first-order valence-electron chi connectivity index (χ1n) is 4.31. The summed E-state index contributed by atoms with van der Waals surface area (Å²) in [5, 5.41) is 17.9. The second kappa shape index (κ2) is 4.65. The minimum absolute atomic E-state index is 0.318. The molecule has 0 aliphatic carbocycles. The Bertz CT molecular complexity index is 424. The molecule has 14 heavy (non-hydrogen) atoms. The average molecular weight is 205 g/mol. The Balaban J connectivity index is 3.28. The van der Waals surface area contributed by atoms with Gasteiger partial charge in [0.05, 0.1) is 23.1 Å². The van der Waals surface area contributed by atoms with Crippen LogP contribution in [-0.4, -0.2) is 0 Å². The van der Waals surface area contributed by atoms with Crippen LogP contribution in [0.2, 0.25) is 5.02 Å². The zero-order valence-corrected chi connectivity index (χ0v) is 8.60. The van der Waals surface area contributed by atoms with Crippen molar-refractivity contribution < 1.29 is 0 Å². The minimum Gasteiger partial charge on any atom is -0.198 e. The molecule has 0 saturated carbocycles. The third-order valence-electron chi connectivity index (χ3n) is 1.99. The maximum Gasteiger partial charge on any atom is 0.101 e. The van der Waals surface area contributed by atoms with E-state index in [1.807, 2.05) is 19.1 Å². The molecule has 0 aromatic heterocycles. The summed E-state index contributed by atoms with van der Waals surface area (Å²) in [6, 6.07) is 7.63. The van der Waals surface area contributed by atoms with Crippen LogP contribution in [-0.2, 0) is 12.8 Å². The van der Waals surface area contributed by atoms with Crippen molar-refractivity contribution >= 4 is 11.6 Å². The molecule has 0 aliphatic rings. The highest BCUT2D eigenvalue weighted by Gasteiger charge is 2.07. The quantitative estimate of drug-likeness (QED) is 0.744. The molecule has 0 aliphatic heterocycles. The molecule has 1 aromatic carbocycles. The maximum atomic E-state index is 8.81. The SMILES string of the molecule is CCc1cc(CC#N)cc(C#N)c1Cl. The van der Waals surface area contributed by atoms with Crippen molar-refractivity contribution in [2.45, 2.75) is 19.8 Å². The molecule has 3 heteroatoms. The van der Waals surface area contributed by atoms with Gasteiger partial charge in [-0.2, -0.15) is 10.5 Å². The van der Waals surface area contributed by atoms with E-state index in [0.717, 1.165) is 17.5 Å². The van der Waals surface area contributed by atoms with E-state index in [0.29, 0.717) is 17.0 Å². The highest BCUT2D eigenvalue weighted by atomic mass is 35.5. The van der Waals surface area contributed by atoms with Crippen molar-refractivity contribution in [3.05, 3.63) is 33.8 Å². The number of benzene rings is 1. The zero-order valence-electron chi connectivity index (χ0n) is 7.84. The van der Waals surface area contributed by atoms with E-state index >= 15 is 0 Å². The van der Waals surface area contributed by atoms with Crippen molar-refractivity contribution in [3.8, 4) is 12.1 Å². The monoisotopic (exact) mass is 204 g/mol. The van der Waals surface area contributed by atoms with E-state index < -0.39 is 0 Å². The summed E-state index contributed by atoms with van der Waals surface area (Å²) in [7, 11) is 0. The predicted molar refractivity (Wildman–Crippen MR) is 54.9 cm³/mol. The number of hydrogen-bond donors (Lipinski definition) is 0. The zero-order chi connectivity index (χ0) is 10.6. The van der Waals surface area contributed by atoms with Gasteiger partial charge in [0.15, 0.2) is 0 Å². The Morgan fingerprint density at radius 3 is 2.57 bits per heavy atom. The van der Waals surface area contributed by atoms with Crippen LogP contribution in [0.1, 0.15) is 23.6 Å². The van der Waals surface area contributed by atoms with E-state index in [1.54, 1.807) is 6.07 Å². The lowest BCUT2D eigenvalue weighted by molar-refractivity contribution is 1.12. The molecule has 0 unspecified atom stereocenters. The van der Waals surface area contributed by atoms with Gasteiger partial charge in [-0.25, -0.2) is 0 Å². The summed E-state index contributed by atoms with van der Waals surface area (Å²) in [5.74, 6) is 0. The number of nitrogens with zero attached hydrogens (tertiary/aromatic N) is 2. The van der Waals surface area contributed by atoms with Gasteiger partial charge in [0.2, 0.25) is 0 Å². The standard InChI is InChI=1S/C11H9ClN2/c1-2-9-5-8(3-4-13)6-10(7-14)11(9)12/h5-6H,2-3H2,1H3. The fourth-order valence-corrected chi connectivity index (χ4v) is 1.57. The molecule has 0 saturated heterocycles. The third-order valence-corrected chi connectivity index (χ3v) is 2.44. The first-order valence-corrected chi connectivity index (χ1v) is 4.69. The van der Waals surface area contributed by atoms with Crippen molar-refractivity contribution in [2.24, 2.45) is 0 Å². The number of hydrogen-bond acceptors (Lipinski definition) is 2. The summed E-state index contributed by atoms with van der Waals surface area (Å²) in [6.07, 6.45) is 1.09. The van der Waals surface area contributed by atoms with Gasteiger partial charge in [-0.05, 0) is 23.6 Å². The van der Waals surface area contributed by atoms with Crippen LogP contribution in [0.25, 0.3) is 0 Å². The van der Waals surface area contributed by atoms with Crippen molar-refractivity contribution in [1.82, 2.24) is 0 Å². The fourth-order valence-electron chi connectivity index (χ4n) is 1.28. The first kappa shape index (κ1) is 10.6. The van der Waals surface area contributed by atoms with E-state index in [-0.39, 0.29) is 0 Å². The third kappa shape index (κ3) is 2.05. The smallest absolute Gasteiger partial charge is 0.101 e. The predicted octanol–water partition coefficient (Wildman–Crippen LogP) is 2.84. The van der Waals surface area contributed by atoms with Gasteiger partial charge >= 0.3 is 0 Å². The van der Waals surface area contributed by atoms with E-state index in [4.69, 9.17) is 22.1 Å². The first-order chi connectivity index (χ1) is 6.72. The molecule has 0 N–H and O–H groups in total. The topological polar surface area (TPSA) is 47.6 Å². The number of nitriles is 2. The summed E-state index contributed by atoms with van der Waals surface area (Å²) >= 11 is 5.98. The fraction of sp³-hybridized carbons (Fsp3) is 0.273. The van der Waals surface area contributed by atoms with Crippen LogP contribution in [0.15, 0.2) is 12.1 Å². The molecule has 0 fully saturated rings. The number of aryl methyl sites for hydroxylation is 1. The Hall–Kier alpha value is -1.51. The minimum atomic E-state index is 0.318. The molecule has 0 radical (unpaired) electrons. The van der Waals surface area contributed by atoms with Crippen LogP contribution in [0, 0.1) is 22.7 Å². The van der Waals surface area contributed by atoms with Gasteiger partial charge in [0, 0.05) is 0 Å². The van der Waals surface area contributed by atoms with Gasteiger partial charge in [0.25, 0.3) is 0 Å². The van der Waals surface area contributed by atoms with Gasteiger partial charge < -0.3 is 0 Å². The Morgan fingerprint density at radius 2 is 2.07 bits per heavy atom. The van der Waals surface area contributed by atoms with Crippen LogP contribution in [0.5, 0.6) is 0 Å². The lowest BCUT2D eigenvalue weighted by atomic mass is 10.0. The average Bonchev–Trinajstić information content (AvgIpc) is 2.20. The van der Waals surface area contributed by atoms with Crippen molar-refractivity contribution in [1.29, 1.82) is 10.5 Å². The molecule has 0 amide bonds. The van der Waals surface area contributed by atoms with Crippen LogP contribution < -0.4 is 0 Å². The lowest BCUT2D eigenvalue weighted by Crippen LogP contribution is -1.91. The molecular weight excluding hydrogens is 196 g/mol. The van der Waals surface area contributed by atoms with Crippen LogP contribution in [0.4, 0.5) is 0 Å². The van der Waals surface area contributed by atoms with Gasteiger partial charge in [-0.15, -0.1) is 0 Å². The molecule has 0 atom stereocenters. The van der Waals surface area contributed by atoms with E-state index in [9.17, 15) is 0 Å². The largest absolute Gasteiger partial charge is 0.198 e. The molecule has 2 nitrogen and oxygen atoms in total.